The van der Waals surface area contributed by atoms with Crippen LogP contribution in [0.15, 0.2) is 54.6 Å². The lowest BCUT2D eigenvalue weighted by molar-refractivity contribution is -0.216. The van der Waals surface area contributed by atoms with E-state index in [1.165, 1.54) is 68.8 Å². The predicted octanol–water partition coefficient (Wildman–Crippen LogP) is 6.86. The number of anilines is 2. The molecule has 2 amide bonds. The fraction of sp³-hybridized carbons (Fsp3) is 0.344. The van der Waals surface area contributed by atoms with Crippen LogP contribution in [0.4, 0.5) is 28.9 Å². The third-order valence-electron chi connectivity index (χ3n) is 8.77. The molecule has 0 bridgehead atoms. The van der Waals surface area contributed by atoms with Crippen molar-refractivity contribution >= 4 is 52.4 Å². The van der Waals surface area contributed by atoms with Gasteiger partial charge in [-0.2, -0.15) is 13.2 Å². The number of ether oxygens (including phenoxy) is 2. The van der Waals surface area contributed by atoms with E-state index in [2.05, 4.69) is 16.0 Å². The lowest BCUT2D eigenvalue weighted by atomic mass is 9.62. The van der Waals surface area contributed by atoms with Gasteiger partial charge in [-0.15, -0.1) is 0 Å². The lowest BCUT2D eigenvalue weighted by Crippen LogP contribution is -2.51. The maximum Gasteiger partial charge on any atom is 0.394 e. The van der Waals surface area contributed by atoms with Crippen molar-refractivity contribution in [3.05, 3.63) is 87.2 Å². The van der Waals surface area contributed by atoms with E-state index < -0.39 is 65.0 Å². The second-order valence-corrected chi connectivity index (χ2v) is 12.7. The Balaban J connectivity index is 1.71. The number of halogens is 6. The van der Waals surface area contributed by atoms with Crippen molar-refractivity contribution in [2.75, 3.05) is 24.9 Å². The van der Waals surface area contributed by atoms with Gasteiger partial charge in [-0.3, -0.25) is 9.59 Å². The van der Waals surface area contributed by atoms with Gasteiger partial charge in [0.1, 0.15) is 17.0 Å². The third kappa shape index (κ3) is 5.46. The van der Waals surface area contributed by atoms with Gasteiger partial charge in [-0.05, 0) is 53.9 Å². The van der Waals surface area contributed by atoms with Crippen LogP contribution in [0.25, 0.3) is 0 Å². The molecule has 2 aliphatic heterocycles. The summed E-state index contributed by atoms with van der Waals surface area (Å²) in [6.07, 6.45) is -5.36. The van der Waals surface area contributed by atoms with Gasteiger partial charge in [-0.25, -0.2) is 9.18 Å². The first-order chi connectivity index (χ1) is 21.6. The van der Waals surface area contributed by atoms with Gasteiger partial charge < -0.3 is 25.4 Å². The Labute approximate surface area is 271 Å². The first-order valence-electron chi connectivity index (χ1n) is 14.0. The Morgan fingerprint density at radius 2 is 1.76 bits per heavy atom. The number of hydrogen-bond acceptors (Lipinski definition) is 6. The summed E-state index contributed by atoms with van der Waals surface area (Å²) in [5.41, 5.74) is -3.72. The molecule has 0 saturated carbocycles. The molecule has 14 heteroatoms. The van der Waals surface area contributed by atoms with Crippen LogP contribution in [0.5, 0.6) is 5.75 Å². The smallest absolute Gasteiger partial charge is 0.394 e. The van der Waals surface area contributed by atoms with Gasteiger partial charge >= 0.3 is 12.1 Å². The quantitative estimate of drug-likeness (QED) is 0.186. The summed E-state index contributed by atoms with van der Waals surface area (Å²) in [5, 5.41) is 8.33. The zero-order chi connectivity index (χ0) is 33.8. The molecule has 3 aromatic carbocycles. The van der Waals surface area contributed by atoms with Crippen LogP contribution in [0, 0.1) is 11.2 Å². The minimum absolute atomic E-state index is 0.0720. The van der Waals surface area contributed by atoms with Crippen molar-refractivity contribution in [2.24, 2.45) is 5.41 Å². The zero-order valence-electron chi connectivity index (χ0n) is 24.9. The van der Waals surface area contributed by atoms with Crippen LogP contribution in [0.1, 0.15) is 47.7 Å². The molecule has 4 atom stereocenters. The number of nitrogens with one attached hydrogen (secondary N) is 3. The van der Waals surface area contributed by atoms with Crippen molar-refractivity contribution in [1.29, 1.82) is 0 Å². The number of fused-ring (bicyclic) bond motifs is 2. The molecule has 1 fully saturated rings. The van der Waals surface area contributed by atoms with E-state index in [4.69, 9.17) is 32.7 Å². The molecule has 0 aromatic heterocycles. The first kappa shape index (κ1) is 33.5. The highest BCUT2D eigenvalue weighted by Crippen LogP contribution is 2.58. The minimum Gasteiger partial charge on any atom is -0.495 e. The highest BCUT2D eigenvalue weighted by atomic mass is 35.5. The Bertz CT molecular complexity index is 1730. The molecule has 1 spiro atoms. The average Bonchev–Trinajstić information content (AvgIpc) is 3.47. The molecule has 0 unspecified atom stereocenters. The van der Waals surface area contributed by atoms with E-state index >= 15 is 4.39 Å². The first-order valence-corrected chi connectivity index (χ1v) is 14.8. The largest absolute Gasteiger partial charge is 0.495 e. The number of methoxy groups -OCH3 is 2. The third-order valence-corrected chi connectivity index (χ3v) is 9.29. The summed E-state index contributed by atoms with van der Waals surface area (Å²) in [6, 6.07) is 9.75. The van der Waals surface area contributed by atoms with E-state index in [1.54, 1.807) is 0 Å². The molecule has 244 valence electrons. The SMILES string of the molecule is COC(=O)c1ccc(NC(=O)[C@@H]2N[C@@H](CC(C)(C)C(F)(F)F)[C@@]3(C(=O)Nc4cc(Cl)ccc43)[C@@H]2c2cccc(Cl)c2F)c(OC)c1. The Morgan fingerprint density at radius 3 is 2.41 bits per heavy atom. The van der Waals surface area contributed by atoms with E-state index in [-0.39, 0.29) is 43.9 Å². The van der Waals surface area contributed by atoms with Crippen molar-refractivity contribution in [2.45, 2.75) is 49.9 Å². The minimum atomic E-state index is -4.69. The Hall–Kier alpha value is -3.87. The van der Waals surface area contributed by atoms with E-state index in [9.17, 15) is 27.6 Å². The van der Waals surface area contributed by atoms with Crippen LogP contribution in [0.3, 0.4) is 0 Å². The molecule has 0 aliphatic carbocycles. The standard InChI is InChI=1S/C32H29Cl2F4N3O5/c1-30(2,32(36,37)38)14-23-31(18-10-9-16(33)13-21(18)40-29(31)44)24(17-6-5-7-19(34)25(17)35)26(41-23)27(42)39-20-11-8-15(28(43)46-4)12-22(20)45-3/h5-13,23-24,26,41H,14H2,1-4H3,(H,39,42)(H,40,44)/t23-,24+,26+,31+/m0/s1. The molecule has 3 aromatic rings. The van der Waals surface area contributed by atoms with Gasteiger partial charge in [0.15, 0.2) is 0 Å². The van der Waals surface area contributed by atoms with Crippen molar-refractivity contribution in [1.82, 2.24) is 5.32 Å². The summed E-state index contributed by atoms with van der Waals surface area (Å²) in [6.45, 7) is 1.99. The number of carbonyl (C=O) groups excluding carboxylic acids is 3. The maximum atomic E-state index is 16.0. The monoisotopic (exact) mass is 681 g/mol. The molecule has 2 aliphatic rings. The van der Waals surface area contributed by atoms with Crippen molar-refractivity contribution in [3.63, 3.8) is 0 Å². The van der Waals surface area contributed by atoms with Gasteiger partial charge in [0.05, 0.1) is 41.9 Å². The fourth-order valence-electron chi connectivity index (χ4n) is 6.42. The fourth-order valence-corrected chi connectivity index (χ4v) is 6.77. The number of hydrogen-bond donors (Lipinski definition) is 3. The number of esters is 1. The molecule has 2 heterocycles. The van der Waals surface area contributed by atoms with Crippen molar-refractivity contribution < 1.29 is 41.4 Å². The maximum absolute atomic E-state index is 16.0. The molecule has 46 heavy (non-hydrogen) atoms. The molecular formula is C32H29Cl2F4N3O5. The van der Waals surface area contributed by atoms with Crippen LogP contribution < -0.4 is 20.7 Å². The normalized spacial score (nSPS) is 22.4. The highest BCUT2D eigenvalue weighted by Gasteiger charge is 2.67. The van der Waals surface area contributed by atoms with Crippen LogP contribution in [0.2, 0.25) is 10.0 Å². The molecular weight excluding hydrogens is 653 g/mol. The summed E-state index contributed by atoms with van der Waals surface area (Å²) in [4.78, 5) is 40.5. The van der Waals surface area contributed by atoms with Gasteiger partial charge in [0, 0.05) is 22.7 Å². The van der Waals surface area contributed by atoms with Crippen molar-refractivity contribution in [3.8, 4) is 5.75 Å². The number of rotatable bonds is 7. The topological polar surface area (TPSA) is 106 Å². The number of benzene rings is 3. The molecule has 3 N–H and O–H groups in total. The predicted molar refractivity (Wildman–Crippen MR) is 164 cm³/mol. The average molecular weight is 682 g/mol. The number of amides is 2. The Morgan fingerprint density at radius 1 is 1.04 bits per heavy atom. The lowest BCUT2D eigenvalue weighted by Gasteiger charge is -2.39. The summed E-state index contributed by atoms with van der Waals surface area (Å²) < 4.78 is 69.1. The summed E-state index contributed by atoms with van der Waals surface area (Å²) in [7, 11) is 2.50. The summed E-state index contributed by atoms with van der Waals surface area (Å²) >= 11 is 12.4. The second kappa shape index (κ2) is 12.1. The highest BCUT2D eigenvalue weighted by molar-refractivity contribution is 6.31. The van der Waals surface area contributed by atoms with E-state index in [0.29, 0.717) is 0 Å². The molecule has 1 saturated heterocycles. The van der Waals surface area contributed by atoms with E-state index in [1.807, 2.05) is 0 Å². The van der Waals surface area contributed by atoms with Gasteiger partial charge in [0.25, 0.3) is 0 Å². The van der Waals surface area contributed by atoms with E-state index in [0.717, 1.165) is 13.8 Å². The second-order valence-electron chi connectivity index (χ2n) is 11.8. The molecule has 5 rings (SSSR count). The number of carbonyl (C=O) groups is 3. The Kier molecular flexibility index (Phi) is 8.78. The summed E-state index contributed by atoms with van der Waals surface area (Å²) in [5.74, 6) is -4.46. The number of alkyl halides is 3. The van der Waals surface area contributed by atoms with Crippen LogP contribution >= 0.6 is 23.2 Å². The zero-order valence-corrected chi connectivity index (χ0v) is 26.5. The van der Waals surface area contributed by atoms with Crippen LogP contribution in [-0.4, -0.2) is 50.3 Å². The van der Waals surface area contributed by atoms with Gasteiger partial charge in [-0.1, -0.05) is 55.2 Å². The molecule has 8 nitrogen and oxygen atoms in total. The van der Waals surface area contributed by atoms with Crippen LogP contribution in [-0.2, 0) is 19.7 Å². The van der Waals surface area contributed by atoms with Gasteiger partial charge in [0.2, 0.25) is 11.8 Å². The molecule has 0 radical (unpaired) electrons.